The molecule has 2 atom stereocenters. The lowest BCUT2D eigenvalue weighted by Gasteiger charge is -2.18. The zero-order chi connectivity index (χ0) is 14.2. The molecule has 0 saturated carbocycles. The molecule has 2 unspecified atom stereocenters. The van der Waals surface area contributed by atoms with Gasteiger partial charge in [-0.25, -0.2) is 0 Å². The molecule has 0 aromatic rings. The van der Waals surface area contributed by atoms with E-state index in [2.05, 4.69) is 19.2 Å². The zero-order valence-electron chi connectivity index (χ0n) is 11.3. The summed E-state index contributed by atoms with van der Waals surface area (Å²) in [6.07, 6.45) is -4.86. The normalized spacial score (nSPS) is 16.0. The Labute approximate surface area is 107 Å². The monoisotopic (exact) mass is 271 g/mol. The highest BCUT2D eigenvalue weighted by molar-refractivity contribution is 4.62. The van der Waals surface area contributed by atoms with Gasteiger partial charge in [0.25, 0.3) is 0 Å². The number of rotatable bonds is 9. The van der Waals surface area contributed by atoms with Crippen molar-refractivity contribution in [2.24, 2.45) is 5.92 Å². The van der Waals surface area contributed by atoms with Crippen LogP contribution in [0.15, 0.2) is 0 Å². The maximum Gasteiger partial charge on any atom is 0.390 e. The molecule has 0 amide bonds. The first-order chi connectivity index (χ1) is 8.20. The molecule has 110 valence electrons. The number of aliphatic hydroxyl groups is 1. The molecule has 0 aliphatic rings. The first-order valence-electron chi connectivity index (χ1n) is 6.28. The van der Waals surface area contributed by atoms with Gasteiger partial charge in [-0.2, -0.15) is 13.2 Å². The number of hydrogen-bond donors (Lipinski definition) is 2. The highest BCUT2D eigenvalue weighted by Crippen LogP contribution is 2.18. The highest BCUT2D eigenvalue weighted by Gasteiger charge is 2.26. The van der Waals surface area contributed by atoms with Crippen molar-refractivity contribution in [2.45, 2.75) is 52.0 Å². The molecule has 2 N–H and O–H groups in total. The fourth-order valence-corrected chi connectivity index (χ4v) is 1.56. The molecule has 0 saturated heterocycles. The van der Waals surface area contributed by atoms with Crippen LogP contribution in [0, 0.1) is 5.92 Å². The van der Waals surface area contributed by atoms with Gasteiger partial charge in [0.05, 0.1) is 25.2 Å². The summed E-state index contributed by atoms with van der Waals surface area (Å²) in [6.45, 7) is 6.16. The molecular formula is C12H24F3NO2. The third-order valence-electron chi connectivity index (χ3n) is 2.34. The molecule has 0 heterocycles. The summed E-state index contributed by atoms with van der Waals surface area (Å²) >= 11 is 0. The minimum Gasteiger partial charge on any atom is -0.389 e. The molecule has 0 aromatic carbocycles. The topological polar surface area (TPSA) is 41.5 Å². The second-order valence-corrected chi connectivity index (χ2v) is 5.00. The standard InChI is InChI=1S/C12H24F3NO2/c1-9(2)6-10(3)18-8-11(17)7-16-5-4-12(13,14)15/h9-11,16-17H,4-8H2,1-3H3. The number of aliphatic hydroxyl groups excluding tert-OH is 1. The van der Waals surface area contributed by atoms with Crippen molar-refractivity contribution in [1.82, 2.24) is 5.32 Å². The second kappa shape index (κ2) is 8.72. The molecule has 0 aliphatic heterocycles. The molecule has 3 nitrogen and oxygen atoms in total. The minimum absolute atomic E-state index is 0.0508. The lowest BCUT2D eigenvalue weighted by atomic mass is 10.1. The van der Waals surface area contributed by atoms with Crippen molar-refractivity contribution in [1.29, 1.82) is 0 Å². The summed E-state index contributed by atoms with van der Waals surface area (Å²) in [5.74, 6) is 0.516. The van der Waals surface area contributed by atoms with E-state index in [0.29, 0.717) is 5.92 Å². The molecule has 0 spiro atoms. The van der Waals surface area contributed by atoms with Crippen molar-refractivity contribution in [3.63, 3.8) is 0 Å². The molecule has 0 radical (unpaired) electrons. The summed E-state index contributed by atoms with van der Waals surface area (Å²) in [5, 5.41) is 12.0. The molecule has 0 aromatic heterocycles. The van der Waals surface area contributed by atoms with Gasteiger partial charge >= 0.3 is 6.18 Å². The summed E-state index contributed by atoms with van der Waals surface area (Å²) in [7, 11) is 0. The average molecular weight is 271 g/mol. The van der Waals surface area contributed by atoms with Gasteiger partial charge < -0.3 is 15.2 Å². The number of ether oxygens (including phenoxy) is 1. The molecular weight excluding hydrogens is 247 g/mol. The Morgan fingerprint density at radius 1 is 1.22 bits per heavy atom. The van der Waals surface area contributed by atoms with Gasteiger partial charge in [0, 0.05) is 13.1 Å². The van der Waals surface area contributed by atoms with Gasteiger partial charge in [-0.3, -0.25) is 0 Å². The SMILES string of the molecule is CC(C)CC(C)OCC(O)CNCCC(F)(F)F. The number of nitrogens with one attached hydrogen (secondary N) is 1. The van der Waals surface area contributed by atoms with E-state index >= 15 is 0 Å². The smallest absolute Gasteiger partial charge is 0.389 e. The van der Waals surface area contributed by atoms with Crippen molar-refractivity contribution in [3.8, 4) is 0 Å². The number of halogens is 3. The van der Waals surface area contributed by atoms with Crippen molar-refractivity contribution >= 4 is 0 Å². The van der Waals surface area contributed by atoms with Crippen LogP contribution in [0.25, 0.3) is 0 Å². The van der Waals surface area contributed by atoms with Crippen LogP contribution in [-0.4, -0.2) is 43.2 Å². The van der Waals surface area contributed by atoms with Crippen molar-refractivity contribution < 1.29 is 23.0 Å². The van der Waals surface area contributed by atoms with Crippen LogP contribution < -0.4 is 5.32 Å². The Bertz CT molecular complexity index is 210. The van der Waals surface area contributed by atoms with E-state index < -0.39 is 18.7 Å². The van der Waals surface area contributed by atoms with E-state index in [1.165, 1.54) is 0 Å². The van der Waals surface area contributed by atoms with Gasteiger partial charge in [0.1, 0.15) is 0 Å². The fraction of sp³-hybridized carbons (Fsp3) is 1.00. The maximum atomic E-state index is 11.8. The van der Waals surface area contributed by atoms with Crippen LogP contribution in [0.3, 0.4) is 0 Å². The Balaban J connectivity index is 3.51. The van der Waals surface area contributed by atoms with Crippen LogP contribution in [0.4, 0.5) is 13.2 Å². The predicted octanol–water partition coefficient (Wildman–Crippen LogP) is 2.34. The quantitative estimate of drug-likeness (QED) is 0.632. The van der Waals surface area contributed by atoms with E-state index in [1.807, 2.05) is 6.92 Å². The van der Waals surface area contributed by atoms with Crippen LogP contribution >= 0.6 is 0 Å². The maximum absolute atomic E-state index is 11.8. The van der Waals surface area contributed by atoms with Gasteiger partial charge in [0.15, 0.2) is 0 Å². The molecule has 0 aliphatic carbocycles. The fourth-order valence-electron chi connectivity index (χ4n) is 1.56. The third kappa shape index (κ3) is 12.1. The second-order valence-electron chi connectivity index (χ2n) is 5.00. The van der Waals surface area contributed by atoms with E-state index in [1.54, 1.807) is 0 Å². The molecule has 6 heteroatoms. The molecule has 0 bridgehead atoms. The summed E-state index contributed by atoms with van der Waals surface area (Å²) in [5.41, 5.74) is 0. The lowest BCUT2D eigenvalue weighted by molar-refractivity contribution is -0.133. The zero-order valence-corrected chi connectivity index (χ0v) is 11.3. The Kier molecular flexibility index (Phi) is 8.56. The van der Waals surface area contributed by atoms with Gasteiger partial charge in [-0.1, -0.05) is 13.8 Å². The van der Waals surface area contributed by atoms with Crippen LogP contribution in [0.2, 0.25) is 0 Å². The Morgan fingerprint density at radius 3 is 2.33 bits per heavy atom. The van der Waals surface area contributed by atoms with E-state index in [9.17, 15) is 18.3 Å². The first-order valence-corrected chi connectivity index (χ1v) is 6.28. The van der Waals surface area contributed by atoms with Crippen LogP contribution in [0.1, 0.15) is 33.6 Å². The van der Waals surface area contributed by atoms with E-state index in [-0.39, 0.29) is 25.8 Å². The lowest BCUT2D eigenvalue weighted by Crippen LogP contribution is -2.33. The minimum atomic E-state index is -4.15. The Morgan fingerprint density at radius 2 is 1.83 bits per heavy atom. The predicted molar refractivity (Wildman–Crippen MR) is 64.4 cm³/mol. The summed E-state index contributed by atoms with van der Waals surface area (Å²) < 4.78 is 40.9. The van der Waals surface area contributed by atoms with Crippen LogP contribution in [-0.2, 0) is 4.74 Å². The average Bonchev–Trinajstić information content (AvgIpc) is 2.19. The molecule has 18 heavy (non-hydrogen) atoms. The number of hydrogen-bond acceptors (Lipinski definition) is 3. The Hall–Kier alpha value is -0.330. The summed E-state index contributed by atoms with van der Waals surface area (Å²) in [4.78, 5) is 0. The largest absolute Gasteiger partial charge is 0.390 e. The van der Waals surface area contributed by atoms with Crippen molar-refractivity contribution in [2.75, 3.05) is 19.7 Å². The van der Waals surface area contributed by atoms with Crippen LogP contribution in [0.5, 0.6) is 0 Å². The number of alkyl halides is 3. The molecule has 0 rings (SSSR count). The highest BCUT2D eigenvalue weighted by atomic mass is 19.4. The van der Waals surface area contributed by atoms with E-state index in [0.717, 1.165) is 6.42 Å². The first kappa shape index (κ1) is 17.7. The van der Waals surface area contributed by atoms with Gasteiger partial charge in [0.2, 0.25) is 0 Å². The summed E-state index contributed by atoms with van der Waals surface area (Å²) in [6, 6.07) is 0. The van der Waals surface area contributed by atoms with Gasteiger partial charge in [-0.15, -0.1) is 0 Å². The molecule has 0 fully saturated rings. The van der Waals surface area contributed by atoms with Gasteiger partial charge in [-0.05, 0) is 19.3 Å². The van der Waals surface area contributed by atoms with E-state index in [4.69, 9.17) is 4.74 Å². The van der Waals surface area contributed by atoms with Crippen molar-refractivity contribution in [3.05, 3.63) is 0 Å². The third-order valence-corrected chi connectivity index (χ3v) is 2.34.